The summed E-state index contributed by atoms with van der Waals surface area (Å²) in [5.74, 6) is 0. The Balaban J connectivity index is 1.86. The van der Waals surface area contributed by atoms with Gasteiger partial charge >= 0.3 is 0 Å². The highest BCUT2D eigenvalue weighted by molar-refractivity contribution is 4.67. The Hall–Kier alpha value is -0.120. The molecule has 0 aliphatic carbocycles. The summed E-state index contributed by atoms with van der Waals surface area (Å²) in [4.78, 5) is 4.91. The molecule has 0 spiro atoms. The van der Waals surface area contributed by atoms with Crippen LogP contribution in [-0.4, -0.2) is 25.9 Å². The van der Waals surface area contributed by atoms with Gasteiger partial charge in [0.05, 0.1) is 25.9 Å². The first-order valence-corrected chi connectivity index (χ1v) is 2.88. The summed E-state index contributed by atoms with van der Waals surface area (Å²) in [6.07, 6.45) is 0. The minimum absolute atomic E-state index is 0.440. The molecule has 0 unspecified atom stereocenters. The summed E-state index contributed by atoms with van der Waals surface area (Å²) in [6, 6.07) is 0.440. The van der Waals surface area contributed by atoms with Gasteiger partial charge in [-0.15, -0.1) is 0 Å². The van der Waals surface area contributed by atoms with E-state index in [0.29, 0.717) is 6.04 Å². The molecule has 0 aromatic heterocycles. The third-order valence-corrected chi connectivity index (χ3v) is 1.03. The molecular formula is C5H11NO2. The Morgan fingerprint density at radius 2 is 2.50 bits per heavy atom. The van der Waals surface area contributed by atoms with Crippen molar-refractivity contribution in [3.05, 3.63) is 0 Å². The van der Waals surface area contributed by atoms with Crippen LogP contribution in [-0.2, 0) is 9.57 Å². The van der Waals surface area contributed by atoms with Gasteiger partial charge in [0.25, 0.3) is 0 Å². The Morgan fingerprint density at radius 1 is 1.75 bits per heavy atom. The quantitative estimate of drug-likeness (QED) is 0.525. The molecule has 3 nitrogen and oxygen atoms in total. The predicted molar refractivity (Wildman–Crippen MR) is 29.4 cm³/mol. The monoisotopic (exact) mass is 117 g/mol. The van der Waals surface area contributed by atoms with Crippen molar-refractivity contribution in [2.45, 2.75) is 13.0 Å². The fourth-order valence-corrected chi connectivity index (χ4v) is 0.505. The van der Waals surface area contributed by atoms with Crippen LogP contribution in [0.25, 0.3) is 0 Å². The minimum Gasteiger partial charge on any atom is -0.378 e. The highest BCUT2D eigenvalue weighted by Crippen LogP contribution is 1.98. The van der Waals surface area contributed by atoms with Crippen molar-refractivity contribution in [2.24, 2.45) is 0 Å². The van der Waals surface area contributed by atoms with Crippen molar-refractivity contribution in [1.82, 2.24) is 5.48 Å². The van der Waals surface area contributed by atoms with Crippen molar-refractivity contribution >= 4 is 0 Å². The van der Waals surface area contributed by atoms with E-state index < -0.39 is 0 Å². The first-order valence-electron chi connectivity index (χ1n) is 2.88. The predicted octanol–water partition coefficient (Wildman–Crippen LogP) is -0.0737. The lowest BCUT2D eigenvalue weighted by Crippen LogP contribution is -2.45. The Labute approximate surface area is 48.9 Å². The molecule has 0 bridgehead atoms. The Morgan fingerprint density at radius 3 is 2.88 bits per heavy atom. The van der Waals surface area contributed by atoms with E-state index in [1.165, 1.54) is 0 Å². The highest BCUT2D eigenvalue weighted by Gasteiger charge is 2.16. The van der Waals surface area contributed by atoms with Crippen molar-refractivity contribution in [2.75, 3.05) is 19.8 Å². The van der Waals surface area contributed by atoms with Gasteiger partial charge in [0.15, 0.2) is 0 Å². The molecule has 0 aromatic carbocycles. The number of nitrogens with one attached hydrogen (secondary N) is 1. The normalized spacial score (nSPS) is 20.6. The van der Waals surface area contributed by atoms with Crippen LogP contribution in [0, 0.1) is 0 Å². The van der Waals surface area contributed by atoms with Crippen molar-refractivity contribution in [3.63, 3.8) is 0 Å². The lowest BCUT2D eigenvalue weighted by Gasteiger charge is -2.25. The van der Waals surface area contributed by atoms with Crippen molar-refractivity contribution in [1.29, 1.82) is 0 Å². The molecule has 1 fully saturated rings. The number of hydroxylamine groups is 1. The second-order valence-corrected chi connectivity index (χ2v) is 1.79. The summed E-state index contributed by atoms with van der Waals surface area (Å²) >= 11 is 0. The number of rotatable bonds is 3. The van der Waals surface area contributed by atoms with E-state index in [9.17, 15) is 0 Å². The lowest BCUT2D eigenvalue weighted by atomic mass is 10.3. The van der Waals surface area contributed by atoms with E-state index in [1.807, 2.05) is 6.92 Å². The topological polar surface area (TPSA) is 30.5 Å². The van der Waals surface area contributed by atoms with E-state index in [0.717, 1.165) is 19.8 Å². The zero-order valence-electron chi connectivity index (χ0n) is 5.02. The van der Waals surface area contributed by atoms with Gasteiger partial charge in [-0.3, -0.25) is 0 Å². The van der Waals surface area contributed by atoms with Crippen LogP contribution in [0.4, 0.5) is 0 Å². The minimum atomic E-state index is 0.440. The van der Waals surface area contributed by atoms with Crippen LogP contribution in [0.15, 0.2) is 0 Å². The van der Waals surface area contributed by atoms with Crippen molar-refractivity contribution < 1.29 is 9.57 Å². The van der Waals surface area contributed by atoms with Gasteiger partial charge in [-0.05, 0) is 6.92 Å². The molecule has 8 heavy (non-hydrogen) atoms. The van der Waals surface area contributed by atoms with Gasteiger partial charge in [-0.25, -0.2) is 0 Å². The summed E-state index contributed by atoms with van der Waals surface area (Å²) in [7, 11) is 0. The highest BCUT2D eigenvalue weighted by atomic mass is 16.7. The molecule has 0 radical (unpaired) electrons. The van der Waals surface area contributed by atoms with Crippen LogP contribution in [0.3, 0.4) is 0 Å². The third-order valence-electron chi connectivity index (χ3n) is 1.03. The molecule has 0 aromatic rings. The first-order chi connectivity index (χ1) is 3.93. The van der Waals surface area contributed by atoms with Crippen LogP contribution in [0.5, 0.6) is 0 Å². The second kappa shape index (κ2) is 3.02. The maximum atomic E-state index is 4.91. The molecule has 1 aliphatic rings. The van der Waals surface area contributed by atoms with Crippen molar-refractivity contribution in [3.8, 4) is 0 Å². The number of hydrogen-bond donors (Lipinski definition) is 1. The van der Waals surface area contributed by atoms with Gasteiger partial charge in [0.2, 0.25) is 0 Å². The molecule has 1 aliphatic heterocycles. The maximum Gasteiger partial charge on any atom is 0.0789 e. The van der Waals surface area contributed by atoms with E-state index in [-0.39, 0.29) is 0 Å². The zero-order chi connectivity index (χ0) is 5.82. The summed E-state index contributed by atoms with van der Waals surface area (Å²) in [6.45, 7) is 4.25. The summed E-state index contributed by atoms with van der Waals surface area (Å²) in [5.41, 5.74) is 2.84. The van der Waals surface area contributed by atoms with Gasteiger partial charge in [0.1, 0.15) is 0 Å². The molecular weight excluding hydrogens is 106 g/mol. The molecule has 0 saturated carbocycles. The molecule has 48 valence electrons. The third kappa shape index (κ3) is 1.43. The number of ether oxygens (including phenoxy) is 1. The molecule has 0 amide bonds. The van der Waals surface area contributed by atoms with Crippen LogP contribution >= 0.6 is 0 Å². The fraction of sp³-hybridized carbons (Fsp3) is 1.00. The Bertz CT molecular complexity index is 63.4. The standard InChI is InChI=1S/C5H11NO2/c1-2-8-6-5-3-7-4-5/h5-6H,2-4H2,1H3. The maximum absolute atomic E-state index is 4.91. The largest absolute Gasteiger partial charge is 0.378 e. The van der Waals surface area contributed by atoms with E-state index in [2.05, 4.69) is 5.48 Å². The van der Waals surface area contributed by atoms with E-state index in [4.69, 9.17) is 9.57 Å². The van der Waals surface area contributed by atoms with Gasteiger partial charge in [-0.2, -0.15) is 5.48 Å². The molecule has 1 rings (SSSR count). The van der Waals surface area contributed by atoms with Gasteiger partial charge in [0, 0.05) is 0 Å². The lowest BCUT2D eigenvalue weighted by molar-refractivity contribution is -0.0857. The Kier molecular flexibility index (Phi) is 2.27. The summed E-state index contributed by atoms with van der Waals surface area (Å²) in [5, 5.41) is 0. The summed E-state index contributed by atoms with van der Waals surface area (Å²) < 4.78 is 4.89. The molecule has 1 heterocycles. The second-order valence-electron chi connectivity index (χ2n) is 1.79. The zero-order valence-corrected chi connectivity index (χ0v) is 5.02. The smallest absolute Gasteiger partial charge is 0.0789 e. The molecule has 0 atom stereocenters. The first kappa shape index (κ1) is 6.01. The van der Waals surface area contributed by atoms with Crippen LogP contribution in [0.1, 0.15) is 6.92 Å². The number of hydrogen-bond acceptors (Lipinski definition) is 3. The average Bonchev–Trinajstić information content (AvgIpc) is 1.63. The van der Waals surface area contributed by atoms with Crippen LogP contribution < -0.4 is 5.48 Å². The van der Waals surface area contributed by atoms with E-state index in [1.54, 1.807) is 0 Å². The van der Waals surface area contributed by atoms with Gasteiger partial charge in [-0.1, -0.05) is 0 Å². The van der Waals surface area contributed by atoms with Gasteiger partial charge < -0.3 is 9.57 Å². The average molecular weight is 117 g/mol. The van der Waals surface area contributed by atoms with E-state index >= 15 is 0 Å². The molecule has 3 heteroatoms. The molecule has 1 N–H and O–H groups in total. The fourth-order valence-electron chi connectivity index (χ4n) is 0.505. The SMILES string of the molecule is CCONC1COC1. The molecule has 1 saturated heterocycles. The van der Waals surface area contributed by atoms with Crippen LogP contribution in [0.2, 0.25) is 0 Å².